The van der Waals surface area contributed by atoms with Crippen molar-refractivity contribution in [1.82, 2.24) is 4.98 Å². The summed E-state index contributed by atoms with van der Waals surface area (Å²) in [5.74, 6) is 0.253. The average molecular weight is 394 g/mol. The molecule has 1 aliphatic heterocycles. The molecule has 2 amide bonds. The van der Waals surface area contributed by atoms with E-state index in [1.165, 1.54) is 16.3 Å². The van der Waals surface area contributed by atoms with Crippen LogP contribution in [-0.2, 0) is 9.59 Å². The average Bonchev–Trinajstić information content (AvgIpc) is 3.09. The normalized spacial score (nSPS) is 14.1. The first-order valence-corrected chi connectivity index (χ1v) is 9.58. The zero-order valence-electron chi connectivity index (χ0n) is 15.4. The first-order chi connectivity index (χ1) is 13.5. The van der Waals surface area contributed by atoms with E-state index in [2.05, 4.69) is 15.4 Å². The van der Waals surface area contributed by atoms with Crippen molar-refractivity contribution in [3.63, 3.8) is 0 Å². The number of anilines is 2. The van der Waals surface area contributed by atoms with Gasteiger partial charge in [0, 0.05) is 12.8 Å². The number of amides is 2. The van der Waals surface area contributed by atoms with Crippen molar-refractivity contribution in [2.24, 2.45) is 5.10 Å². The fourth-order valence-corrected chi connectivity index (χ4v) is 3.82. The Balaban J connectivity index is 1.57. The van der Waals surface area contributed by atoms with E-state index in [1.807, 2.05) is 43.3 Å². The number of aryl methyl sites for hydroxylation is 1. The van der Waals surface area contributed by atoms with Gasteiger partial charge in [-0.25, -0.2) is 9.99 Å². The number of carbonyl (C=O) groups is 2. The number of carbonyl (C=O) groups excluding carboxylic acids is 2. The Morgan fingerprint density at radius 2 is 2.07 bits per heavy atom. The summed E-state index contributed by atoms with van der Waals surface area (Å²) in [6.07, 6.45) is 0.531. The summed E-state index contributed by atoms with van der Waals surface area (Å²) >= 11 is 1.36. The van der Waals surface area contributed by atoms with E-state index in [-0.39, 0.29) is 18.2 Å². The van der Waals surface area contributed by atoms with Gasteiger partial charge < -0.3 is 4.74 Å². The third kappa shape index (κ3) is 3.59. The largest absolute Gasteiger partial charge is 0.497 e. The summed E-state index contributed by atoms with van der Waals surface area (Å²) in [7, 11) is 1.60. The number of hydrogen-bond acceptors (Lipinski definition) is 6. The Hall–Kier alpha value is -3.26. The number of methoxy groups -OCH3 is 1. The van der Waals surface area contributed by atoms with Crippen molar-refractivity contribution in [2.45, 2.75) is 19.8 Å². The second kappa shape index (κ2) is 7.40. The Morgan fingerprint density at radius 3 is 2.86 bits per heavy atom. The van der Waals surface area contributed by atoms with Gasteiger partial charge in [0.15, 0.2) is 5.13 Å². The molecule has 142 valence electrons. The maximum absolute atomic E-state index is 12.7. The molecule has 1 aliphatic rings. The van der Waals surface area contributed by atoms with Crippen molar-refractivity contribution in [3.05, 3.63) is 48.0 Å². The maximum atomic E-state index is 12.7. The predicted octanol–water partition coefficient (Wildman–Crippen LogP) is 3.73. The second-order valence-corrected chi connectivity index (χ2v) is 7.43. The first-order valence-electron chi connectivity index (χ1n) is 8.76. The molecule has 0 spiro atoms. The summed E-state index contributed by atoms with van der Waals surface area (Å²) < 4.78 is 6.13. The van der Waals surface area contributed by atoms with E-state index in [9.17, 15) is 9.59 Å². The summed E-state index contributed by atoms with van der Waals surface area (Å²) in [5.41, 5.74) is 2.75. The summed E-state index contributed by atoms with van der Waals surface area (Å²) in [6, 6.07) is 13.0. The Labute approximate surface area is 165 Å². The molecular formula is C20H18N4O3S. The summed E-state index contributed by atoms with van der Waals surface area (Å²) in [4.78, 5) is 29.4. The molecule has 0 bridgehead atoms. The number of nitrogens with zero attached hydrogens (tertiary/aromatic N) is 3. The number of benzene rings is 2. The van der Waals surface area contributed by atoms with Crippen molar-refractivity contribution in [2.75, 3.05) is 17.4 Å². The van der Waals surface area contributed by atoms with Crippen molar-refractivity contribution in [3.8, 4) is 5.75 Å². The van der Waals surface area contributed by atoms with Crippen molar-refractivity contribution < 1.29 is 14.3 Å². The van der Waals surface area contributed by atoms with E-state index in [1.54, 1.807) is 13.2 Å². The van der Waals surface area contributed by atoms with E-state index < -0.39 is 0 Å². The molecular weight excluding hydrogens is 376 g/mol. The van der Waals surface area contributed by atoms with Gasteiger partial charge in [0.1, 0.15) is 11.5 Å². The number of hydrogen-bond donors (Lipinski definition) is 1. The molecule has 2 heterocycles. The topological polar surface area (TPSA) is 83.9 Å². The van der Waals surface area contributed by atoms with Gasteiger partial charge in [0.05, 0.1) is 23.0 Å². The van der Waals surface area contributed by atoms with E-state index in [0.29, 0.717) is 23.0 Å². The number of fused-ring (bicyclic) bond motifs is 1. The molecule has 0 saturated heterocycles. The molecule has 8 heteroatoms. The lowest BCUT2D eigenvalue weighted by Crippen LogP contribution is -2.36. The molecule has 1 aromatic heterocycles. The molecule has 0 fully saturated rings. The second-order valence-electron chi connectivity index (χ2n) is 6.40. The zero-order valence-corrected chi connectivity index (χ0v) is 16.2. The van der Waals surface area contributed by atoms with Crippen LogP contribution in [0.1, 0.15) is 18.4 Å². The molecule has 2 aromatic carbocycles. The highest BCUT2D eigenvalue weighted by Gasteiger charge is 2.26. The van der Waals surface area contributed by atoms with E-state index in [4.69, 9.17) is 4.74 Å². The van der Waals surface area contributed by atoms with Crippen LogP contribution in [0.2, 0.25) is 0 Å². The Bertz CT molecular complexity index is 1110. The Kier molecular flexibility index (Phi) is 4.79. The number of thiazole rings is 1. The molecule has 0 atom stereocenters. The fraction of sp³-hybridized carbons (Fsp3) is 0.200. The van der Waals surface area contributed by atoms with Crippen LogP contribution in [0, 0.1) is 6.92 Å². The molecule has 28 heavy (non-hydrogen) atoms. The number of hydrazone groups is 1. The van der Waals surface area contributed by atoms with Crippen LogP contribution in [0.3, 0.4) is 0 Å². The first kappa shape index (κ1) is 18.1. The third-order valence-electron chi connectivity index (χ3n) is 4.36. The summed E-state index contributed by atoms with van der Waals surface area (Å²) in [6.45, 7) is 1.94. The van der Waals surface area contributed by atoms with Crippen LogP contribution in [0.4, 0.5) is 10.8 Å². The van der Waals surface area contributed by atoms with Crippen LogP contribution in [0.25, 0.3) is 10.2 Å². The quantitative estimate of drug-likeness (QED) is 0.731. The van der Waals surface area contributed by atoms with Crippen LogP contribution in [0.15, 0.2) is 47.6 Å². The maximum Gasteiger partial charge on any atom is 0.273 e. The highest BCUT2D eigenvalue weighted by atomic mass is 32.1. The number of ether oxygens (including phenoxy) is 1. The monoisotopic (exact) mass is 394 g/mol. The predicted molar refractivity (Wildman–Crippen MR) is 110 cm³/mol. The molecule has 3 aromatic rings. The van der Waals surface area contributed by atoms with Gasteiger partial charge in [0.2, 0.25) is 5.91 Å². The zero-order chi connectivity index (χ0) is 19.7. The molecule has 1 N–H and O–H groups in total. The Morgan fingerprint density at radius 1 is 1.21 bits per heavy atom. The molecule has 7 nitrogen and oxygen atoms in total. The molecule has 0 saturated carbocycles. The lowest BCUT2D eigenvalue weighted by atomic mass is 10.1. The summed E-state index contributed by atoms with van der Waals surface area (Å²) in [5, 5.41) is 8.87. The molecule has 0 aliphatic carbocycles. The van der Waals surface area contributed by atoms with Crippen LogP contribution in [0.5, 0.6) is 5.75 Å². The highest BCUT2D eigenvalue weighted by molar-refractivity contribution is 7.22. The van der Waals surface area contributed by atoms with Gasteiger partial charge in [-0.2, -0.15) is 5.10 Å². The minimum Gasteiger partial charge on any atom is -0.497 e. The van der Waals surface area contributed by atoms with Crippen molar-refractivity contribution >= 4 is 49.9 Å². The van der Waals surface area contributed by atoms with Crippen molar-refractivity contribution in [1.29, 1.82) is 0 Å². The van der Waals surface area contributed by atoms with Crippen LogP contribution < -0.4 is 15.1 Å². The minimum atomic E-state index is -0.351. The lowest BCUT2D eigenvalue weighted by molar-refractivity contribution is -0.118. The molecule has 0 unspecified atom stereocenters. The lowest BCUT2D eigenvalue weighted by Gasteiger charge is -2.23. The third-order valence-corrected chi connectivity index (χ3v) is 5.29. The number of rotatable bonds is 4. The van der Waals surface area contributed by atoms with Gasteiger partial charge in [-0.3, -0.25) is 14.9 Å². The van der Waals surface area contributed by atoms with Crippen LogP contribution >= 0.6 is 11.3 Å². The minimum absolute atomic E-state index is 0.130. The van der Waals surface area contributed by atoms with Gasteiger partial charge >= 0.3 is 0 Å². The standard InChI is InChI=1S/C20H18N4O3S/c1-12-4-3-5-13(10-12)24-18(25)9-8-16(23-24)19(26)22-20-21-15-7-6-14(27-2)11-17(15)28-20/h3-7,10-11H,8-9H2,1-2H3,(H,21,22,26). The SMILES string of the molecule is COc1ccc2nc(NC(=O)C3=NN(c4cccc(C)c4)C(=O)CC3)sc2c1. The smallest absolute Gasteiger partial charge is 0.273 e. The fourth-order valence-electron chi connectivity index (χ4n) is 2.93. The molecule has 4 rings (SSSR count). The molecule has 0 radical (unpaired) electrons. The number of aromatic nitrogens is 1. The number of nitrogens with one attached hydrogen (secondary N) is 1. The van der Waals surface area contributed by atoms with Gasteiger partial charge in [0.25, 0.3) is 5.91 Å². The van der Waals surface area contributed by atoms with Crippen LogP contribution in [-0.4, -0.2) is 29.6 Å². The van der Waals surface area contributed by atoms with Gasteiger partial charge in [-0.1, -0.05) is 23.5 Å². The van der Waals surface area contributed by atoms with E-state index in [0.717, 1.165) is 21.5 Å². The van der Waals surface area contributed by atoms with E-state index >= 15 is 0 Å². The highest BCUT2D eigenvalue weighted by Crippen LogP contribution is 2.29. The van der Waals surface area contributed by atoms with Gasteiger partial charge in [-0.15, -0.1) is 0 Å². The van der Waals surface area contributed by atoms with Gasteiger partial charge in [-0.05, 0) is 42.8 Å².